The number of ether oxygens (including phenoxy) is 1. The van der Waals surface area contributed by atoms with E-state index in [-0.39, 0.29) is 24.0 Å². The molecule has 1 atom stereocenters. The number of carbonyl (C=O) groups is 1. The van der Waals surface area contributed by atoms with Crippen molar-refractivity contribution in [1.82, 2.24) is 0 Å². The molecule has 132 valence electrons. The SMILES string of the molecule is COc1ccc(NC(=O)C[C@H](c2ccccc2)c2ccccc2O)cc1. The molecule has 1 amide bonds. The summed E-state index contributed by atoms with van der Waals surface area (Å²) in [6.07, 6.45) is 0.230. The summed E-state index contributed by atoms with van der Waals surface area (Å²) < 4.78 is 5.13. The number of methoxy groups -OCH3 is 1. The van der Waals surface area contributed by atoms with Gasteiger partial charge >= 0.3 is 0 Å². The summed E-state index contributed by atoms with van der Waals surface area (Å²) in [7, 11) is 1.60. The first-order valence-corrected chi connectivity index (χ1v) is 8.44. The van der Waals surface area contributed by atoms with E-state index in [0.717, 1.165) is 16.9 Å². The molecular formula is C22H21NO3. The first-order valence-electron chi connectivity index (χ1n) is 8.44. The number of aromatic hydroxyl groups is 1. The zero-order valence-corrected chi connectivity index (χ0v) is 14.6. The standard InChI is InChI=1S/C22H21NO3/c1-26-18-13-11-17(12-14-18)23-22(25)15-20(16-7-3-2-4-8-16)19-9-5-6-10-21(19)24/h2-14,20,24H,15H2,1H3,(H,23,25)/t20-/m1/s1. The molecule has 0 bridgehead atoms. The summed E-state index contributed by atoms with van der Waals surface area (Å²) in [4.78, 5) is 12.6. The van der Waals surface area contributed by atoms with Crippen molar-refractivity contribution in [2.45, 2.75) is 12.3 Å². The van der Waals surface area contributed by atoms with Gasteiger partial charge < -0.3 is 15.2 Å². The van der Waals surface area contributed by atoms with Crippen molar-refractivity contribution in [3.8, 4) is 11.5 Å². The molecule has 2 N–H and O–H groups in total. The van der Waals surface area contributed by atoms with Crippen LogP contribution in [0.2, 0.25) is 0 Å². The van der Waals surface area contributed by atoms with Crippen molar-refractivity contribution in [2.75, 3.05) is 12.4 Å². The van der Waals surface area contributed by atoms with Gasteiger partial charge in [-0.3, -0.25) is 4.79 Å². The second-order valence-corrected chi connectivity index (χ2v) is 6.00. The average Bonchev–Trinajstić information content (AvgIpc) is 2.68. The number of phenols is 1. The Morgan fingerprint density at radius 3 is 2.27 bits per heavy atom. The van der Waals surface area contributed by atoms with Crippen LogP contribution < -0.4 is 10.1 Å². The predicted molar refractivity (Wildman–Crippen MR) is 103 cm³/mol. The Kier molecular flexibility index (Phi) is 5.54. The van der Waals surface area contributed by atoms with Crippen LogP contribution in [0.5, 0.6) is 11.5 Å². The summed E-state index contributed by atoms with van der Waals surface area (Å²) >= 11 is 0. The number of anilines is 1. The summed E-state index contributed by atoms with van der Waals surface area (Å²) in [5.41, 5.74) is 2.43. The molecule has 0 aromatic heterocycles. The van der Waals surface area contributed by atoms with Gasteiger partial charge in [0.15, 0.2) is 0 Å². The Morgan fingerprint density at radius 2 is 1.62 bits per heavy atom. The lowest BCUT2D eigenvalue weighted by Gasteiger charge is -2.19. The quantitative estimate of drug-likeness (QED) is 0.687. The fourth-order valence-electron chi connectivity index (χ4n) is 2.95. The first kappa shape index (κ1) is 17.5. The number of carbonyl (C=O) groups excluding carboxylic acids is 1. The van der Waals surface area contributed by atoms with Crippen LogP contribution in [0.25, 0.3) is 0 Å². The lowest BCUT2D eigenvalue weighted by Crippen LogP contribution is -2.16. The summed E-state index contributed by atoms with van der Waals surface area (Å²) in [6.45, 7) is 0. The van der Waals surface area contributed by atoms with Crippen molar-refractivity contribution in [2.24, 2.45) is 0 Å². The van der Waals surface area contributed by atoms with E-state index < -0.39 is 0 Å². The van der Waals surface area contributed by atoms with Gasteiger partial charge in [-0.05, 0) is 35.9 Å². The molecule has 0 aliphatic heterocycles. The van der Waals surface area contributed by atoms with E-state index in [1.54, 1.807) is 43.5 Å². The van der Waals surface area contributed by atoms with E-state index in [1.165, 1.54) is 0 Å². The van der Waals surface area contributed by atoms with Crippen molar-refractivity contribution >= 4 is 11.6 Å². The zero-order valence-electron chi connectivity index (χ0n) is 14.6. The van der Waals surface area contributed by atoms with Gasteiger partial charge in [-0.25, -0.2) is 0 Å². The van der Waals surface area contributed by atoms with Crippen molar-refractivity contribution in [1.29, 1.82) is 0 Å². The van der Waals surface area contributed by atoms with Gasteiger partial charge in [-0.1, -0.05) is 48.5 Å². The number of amides is 1. The topological polar surface area (TPSA) is 58.6 Å². The number of para-hydroxylation sites is 1. The third kappa shape index (κ3) is 4.22. The maximum Gasteiger partial charge on any atom is 0.225 e. The van der Waals surface area contributed by atoms with Crippen molar-refractivity contribution < 1.29 is 14.6 Å². The number of hydrogen-bond acceptors (Lipinski definition) is 3. The third-order valence-corrected chi connectivity index (χ3v) is 4.28. The van der Waals surface area contributed by atoms with E-state index >= 15 is 0 Å². The summed E-state index contributed by atoms with van der Waals surface area (Å²) in [5, 5.41) is 13.2. The summed E-state index contributed by atoms with van der Waals surface area (Å²) in [6, 6.07) is 24.1. The molecule has 0 radical (unpaired) electrons. The van der Waals surface area contributed by atoms with Gasteiger partial charge in [-0.2, -0.15) is 0 Å². The van der Waals surface area contributed by atoms with Crippen LogP contribution in [0, 0.1) is 0 Å². The van der Waals surface area contributed by atoms with Crippen LogP contribution in [0.15, 0.2) is 78.9 Å². The first-order chi connectivity index (χ1) is 12.7. The fraction of sp³-hybridized carbons (Fsp3) is 0.136. The molecule has 0 heterocycles. The molecule has 3 rings (SSSR count). The Labute approximate surface area is 153 Å². The third-order valence-electron chi connectivity index (χ3n) is 4.28. The molecule has 0 unspecified atom stereocenters. The number of phenolic OH excluding ortho intramolecular Hbond substituents is 1. The fourth-order valence-corrected chi connectivity index (χ4v) is 2.95. The van der Waals surface area contributed by atoms with Crippen LogP contribution in [0.3, 0.4) is 0 Å². The summed E-state index contributed by atoms with van der Waals surface area (Å²) in [5.74, 6) is 0.584. The molecule has 3 aromatic carbocycles. The molecule has 3 aromatic rings. The van der Waals surface area contributed by atoms with Gasteiger partial charge in [0.05, 0.1) is 7.11 Å². The highest BCUT2D eigenvalue weighted by Crippen LogP contribution is 2.34. The highest BCUT2D eigenvalue weighted by molar-refractivity contribution is 5.91. The minimum Gasteiger partial charge on any atom is -0.508 e. The lowest BCUT2D eigenvalue weighted by molar-refractivity contribution is -0.116. The maximum absolute atomic E-state index is 12.6. The number of rotatable bonds is 6. The Bertz CT molecular complexity index is 860. The second kappa shape index (κ2) is 8.21. The molecule has 4 nitrogen and oxygen atoms in total. The van der Waals surface area contributed by atoms with Gasteiger partial charge in [0, 0.05) is 23.6 Å². The Balaban J connectivity index is 1.81. The minimum atomic E-state index is -0.226. The maximum atomic E-state index is 12.6. The highest BCUT2D eigenvalue weighted by atomic mass is 16.5. The number of hydrogen-bond donors (Lipinski definition) is 2. The molecular weight excluding hydrogens is 326 g/mol. The molecule has 0 saturated heterocycles. The largest absolute Gasteiger partial charge is 0.508 e. The predicted octanol–water partition coefficient (Wildman–Crippen LogP) is 4.56. The van der Waals surface area contributed by atoms with Crippen molar-refractivity contribution in [3.05, 3.63) is 90.0 Å². The van der Waals surface area contributed by atoms with E-state index in [1.807, 2.05) is 42.5 Å². The monoisotopic (exact) mass is 347 g/mol. The number of nitrogens with one attached hydrogen (secondary N) is 1. The molecule has 0 fully saturated rings. The van der Waals surface area contributed by atoms with Crippen LogP contribution in [0.1, 0.15) is 23.5 Å². The average molecular weight is 347 g/mol. The van der Waals surface area contributed by atoms with Gasteiger partial charge in [0.25, 0.3) is 0 Å². The molecule has 26 heavy (non-hydrogen) atoms. The molecule has 4 heteroatoms. The molecule has 0 spiro atoms. The van der Waals surface area contributed by atoms with Crippen LogP contribution >= 0.6 is 0 Å². The minimum absolute atomic E-state index is 0.118. The van der Waals surface area contributed by atoms with Crippen LogP contribution in [0.4, 0.5) is 5.69 Å². The van der Waals surface area contributed by atoms with Crippen LogP contribution in [-0.4, -0.2) is 18.1 Å². The van der Waals surface area contributed by atoms with Gasteiger partial charge in [-0.15, -0.1) is 0 Å². The van der Waals surface area contributed by atoms with Crippen LogP contribution in [-0.2, 0) is 4.79 Å². The van der Waals surface area contributed by atoms with E-state index in [9.17, 15) is 9.90 Å². The number of benzene rings is 3. The van der Waals surface area contributed by atoms with E-state index in [2.05, 4.69) is 5.32 Å². The Morgan fingerprint density at radius 1 is 0.962 bits per heavy atom. The van der Waals surface area contributed by atoms with E-state index in [0.29, 0.717) is 5.69 Å². The second-order valence-electron chi connectivity index (χ2n) is 6.00. The molecule has 0 saturated carbocycles. The molecule has 0 aliphatic carbocycles. The van der Waals surface area contributed by atoms with Gasteiger partial charge in [0.1, 0.15) is 11.5 Å². The molecule has 0 aliphatic rings. The normalized spacial score (nSPS) is 11.6. The lowest BCUT2D eigenvalue weighted by atomic mass is 9.87. The zero-order chi connectivity index (χ0) is 18.4. The van der Waals surface area contributed by atoms with Gasteiger partial charge in [0.2, 0.25) is 5.91 Å². The van der Waals surface area contributed by atoms with E-state index in [4.69, 9.17) is 4.74 Å². The smallest absolute Gasteiger partial charge is 0.225 e. The Hall–Kier alpha value is -3.27. The van der Waals surface area contributed by atoms with Crippen molar-refractivity contribution in [3.63, 3.8) is 0 Å². The highest BCUT2D eigenvalue weighted by Gasteiger charge is 2.21.